The zero-order valence-electron chi connectivity index (χ0n) is 15.3. The fraction of sp³-hybridized carbons (Fsp3) is 0.350. The molecule has 1 amide bonds. The third kappa shape index (κ3) is 4.90. The Kier molecular flexibility index (Phi) is 6.03. The van der Waals surface area contributed by atoms with Crippen LogP contribution in [-0.2, 0) is 11.0 Å². The highest BCUT2D eigenvalue weighted by Crippen LogP contribution is 2.36. The van der Waals surface area contributed by atoms with Crippen molar-refractivity contribution in [2.24, 2.45) is 0 Å². The van der Waals surface area contributed by atoms with Crippen LogP contribution < -0.4 is 15.0 Å². The standard InChI is InChI=1S/C20H20ClF3N2O2/c1-13-4-7-18(15(21)10-13)28-12-19(27)25-16-11-14(20(22,23)24)5-6-17(16)26-8-2-3-9-26/h4-7,10-11H,2-3,8-9,12H2,1H3,(H,25,27). The molecule has 0 unspecified atom stereocenters. The minimum Gasteiger partial charge on any atom is -0.482 e. The molecule has 0 atom stereocenters. The SMILES string of the molecule is Cc1ccc(OCC(=O)Nc2cc(C(F)(F)F)ccc2N2CCCC2)c(Cl)c1. The van der Waals surface area contributed by atoms with Crippen LogP contribution in [-0.4, -0.2) is 25.6 Å². The molecule has 3 rings (SSSR count). The molecule has 1 aliphatic heterocycles. The lowest BCUT2D eigenvalue weighted by atomic mass is 10.1. The predicted octanol–water partition coefficient (Wildman–Crippen LogP) is 5.28. The van der Waals surface area contributed by atoms with E-state index >= 15 is 0 Å². The first-order chi connectivity index (χ1) is 13.2. The maximum atomic E-state index is 13.1. The van der Waals surface area contributed by atoms with Crippen LogP contribution in [0.5, 0.6) is 5.75 Å². The summed E-state index contributed by atoms with van der Waals surface area (Å²) in [5.74, 6) is -0.220. The average molecular weight is 413 g/mol. The van der Waals surface area contributed by atoms with Gasteiger partial charge in [0, 0.05) is 13.1 Å². The van der Waals surface area contributed by atoms with Gasteiger partial charge >= 0.3 is 6.18 Å². The Balaban J connectivity index is 1.75. The molecular weight excluding hydrogens is 393 g/mol. The van der Waals surface area contributed by atoms with Gasteiger partial charge in [0.05, 0.1) is 22.0 Å². The van der Waals surface area contributed by atoms with E-state index in [1.54, 1.807) is 18.2 Å². The number of benzene rings is 2. The molecule has 28 heavy (non-hydrogen) atoms. The number of alkyl halides is 3. The highest BCUT2D eigenvalue weighted by atomic mass is 35.5. The predicted molar refractivity (Wildman–Crippen MR) is 103 cm³/mol. The lowest BCUT2D eigenvalue weighted by molar-refractivity contribution is -0.137. The van der Waals surface area contributed by atoms with Gasteiger partial charge in [0.1, 0.15) is 5.75 Å². The van der Waals surface area contributed by atoms with Crippen molar-refractivity contribution in [2.75, 3.05) is 29.9 Å². The van der Waals surface area contributed by atoms with E-state index in [9.17, 15) is 18.0 Å². The summed E-state index contributed by atoms with van der Waals surface area (Å²) in [4.78, 5) is 14.3. The van der Waals surface area contributed by atoms with Crippen LogP contribution >= 0.6 is 11.6 Å². The number of anilines is 2. The number of carbonyl (C=O) groups is 1. The molecular formula is C20H20ClF3N2O2. The van der Waals surface area contributed by atoms with Crippen molar-refractivity contribution in [2.45, 2.75) is 25.9 Å². The lowest BCUT2D eigenvalue weighted by Gasteiger charge is -2.23. The van der Waals surface area contributed by atoms with Gasteiger partial charge in [0.25, 0.3) is 5.91 Å². The summed E-state index contributed by atoms with van der Waals surface area (Å²) in [6, 6.07) is 8.53. The second-order valence-electron chi connectivity index (χ2n) is 6.69. The van der Waals surface area contributed by atoms with Gasteiger partial charge in [0.15, 0.2) is 6.61 Å². The van der Waals surface area contributed by atoms with Crippen LogP contribution in [0.15, 0.2) is 36.4 Å². The van der Waals surface area contributed by atoms with Crippen molar-refractivity contribution in [1.29, 1.82) is 0 Å². The molecule has 1 aliphatic rings. The van der Waals surface area contributed by atoms with Crippen LogP contribution in [0.2, 0.25) is 5.02 Å². The molecule has 1 N–H and O–H groups in total. The molecule has 0 saturated carbocycles. The van der Waals surface area contributed by atoms with Gasteiger partial charge in [-0.2, -0.15) is 13.2 Å². The molecule has 1 fully saturated rings. The van der Waals surface area contributed by atoms with Crippen LogP contribution in [0.4, 0.5) is 24.5 Å². The van der Waals surface area contributed by atoms with Crippen LogP contribution in [0.3, 0.4) is 0 Å². The molecule has 1 saturated heterocycles. The second-order valence-corrected chi connectivity index (χ2v) is 7.10. The lowest BCUT2D eigenvalue weighted by Crippen LogP contribution is -2.24. The fourth-order valence-corrected chi connectivity index (χ4v) is 3.39. The van der Waals surface area contributed by atoms with Gasteiger partial charge < -0.3 is 15.0 Å². The zero-order chi connectivity index (χ0) is 20.3. The third-order valence-corrected chi connectivity index (χ3v) is 4.79. The minimum absolute atomic E-state index is 0.125. The van der Waals surface area contributed by atoms with Gasteiger partial charge in [-0.05, 0) is 55.7 Å². The van der Waals surface area contributed by atoms with E-state index < -0.39 is 17.6 Å². The van der Waals surface area contributed by atoms with Crippen molar-refractivity contribution >= 4 is 28.9 Å². The molecule has 4 nitrogen and oxygen atoms in total. The summed E-state index contributed by atoms with van der Waals surface area (Å²) in [6.07, 6.45) is -2.57. The molecule has 8 heteroatoms. The minimum atomic E-state index is -4.49. The highest BCUT2D eigenvalue weighted by Gasteiger charge is 2.32. The summed E-state index contributed by atoms with van der Waals surface area (Å²) in [6.45, 7) is 2.99. The Morgan fingerprint density at radius 2 is 1.89 bits per heavy atom. The van der Waals surface area contributed by atoms with Crippen molar-refractivity contribution in [3.63, 3.8) is 0 Å². The molecule has 0 aliphatic carbocycles. The van der Waals surface area contributed by atoms with Crippen molar-refractivity contribution in [3.05, 3.63) is 52.5 Å². The van der Waals surface area contributed by atoms with Crippen molar-refractivity contribution in [3.8, 4) is 5.75 Å². The van der Waals surface area contributed by atoms with Crippen LogP contribution in [0.1, 0.15) is 24.0 Å². The van der Waals surface area contributed by atoms with Gasteiger partial charge in [-0.15, -0.1) is 0 Å². The number of halogens is 4. The summed E-state index contributed by atoms with van der Waals surface area (Å²) in [5, 5.41) is 2.92. The van der Waals surface area contributed by atoms with E-state index in [4.69, 9.17) is 16.3 Å². The molecule has 150 valence electrons. The first-order valence-electron chi connectivity index (χ1n) is 8.89. The van der Waals surface area contributed by atoms with Crippen LogP contribution in [0, 0.1) is 6.92 Å². The number of carbonyl (C=O) groups excluding carboxylic acids is 1. The van der Waals surface area contributed by atoms with E-state index in [1.165, 1.54) is 6.07 Å². The zero-order valence-corrected chi connectivity index (χ0v) is 16.0. The van der Waals surface area contributed by atoms with Crippen LogP contribution in [0.25, 0.3) is 0 Å². The first-order valence-corrected chi connectivity index (χ1v) is 9.27. The fourth-order valence-electron chi connectivity index (χ4n) is 3.10. The maximum absolute atomic E-state index is 13.1. The number of nitrogens with zero attached hydrogens (tertiary/aromatic N) is 1. The topological polar surface area (TPSA) is 41.6 Å². The number of nitrogens with one attached hydrogen (secondary N) is 1. The monoisotopic (exact) mass is 412 g/mol. The van der Waals surface area contributed by atoms with Gasteiger partial charge in [-0.25, -0.2) is 0 Å². The maximum Gasteiger partial charge on any atom is 0.416 e. The third-order valence-electron chi connectivity index (χ3n) is 4.49. The van der Waals surface area contributed by atoms with Gasteiger partial charge in [-0.1, -0.05) is 17.7 Å². The number of hydrogen-bond donors (Lipinski definition) is 1. The quantitative estimate of drug-likeness (QED) is 0.726. The Labute approximate surface area is 166 Å². The summed E-state index contributed by atoms with van der Waals surface area (Å²) in [5.41, 5.74) is 0.835. The molecule has 0 bridgehead atoms. The van der Waals surface area contributed by atoms with Crippen molar-refractivity contribution < 1.29 is 22.7 Å². The Morgan fingerprint density at radius 1 is 1.18 bits per heavy atom. The number of aryl methyl sites for hydroxylation is 1. The summed E-state index contributed by atoms with van der Waals surface area (Å²) >= 11 is 6.07. The smallest absolute Gasteiger partial charge is 0.416 e. The number of ether oxygens (including phenoxy) is 1. The van der Waals surface area contributed by atoms with E-state index in [0.717, 1.165) is 43.6 Å². The number of rotatable bonds is 5. The average Bonchev–Trinajstić information content (AvgIpc) is 3.14. The Hall–Kier alpha value is -2.41. The number of hydrogen-bond acceptors (Lipinski definition) is 3. The molecule has 0 radical (unpaired) electrons. The van der Waals surface area contributed by atoms with E-state index in [2.05, 4.69) is 5.32 Å². The molecule has 1 heterocycles. The van der Waals surface area contributed by atoms with Gasteiger partial charge in [0.2, 0.25) is 0 Å². The second kappa shape index (κ2) is 8.31. The van der Waals surface area contributed by atoms with E-state index in [-0.39, 0.29) is 12.3 Å². The van der Waals surface area contributed by atoms with E-state index in [0.29, 0.717) is 16.5 Å². The highest BCUT2D eigenvalue weighted by molar-refractivity contribution is 6.32. The first kappa shape index (κ1) is 20.3. The summed E-state index contributed by atoms with van der Waals surface area (Å²) < 4.78 is 44.7. The van der Waals surface area contributed by atoms with Gasteiger partial charge in [-0.3, -0.25) is 4.79 Å². The van der Waals surface area contributed by atoms with Crippen molar-refractivity contribution in [1.82, 2.24) is 0 Å². The molecule has 0 spiro atoms. The van der Waals surface area contributed by atoms with E-state index in [1.807, 2.05) is 11.8 Å². The largest absolute Gasteiger partial charge is 0.482 e. The Bertz CT molecular complexity index is 865. The molecule has 2 aromatic rings. The molecule has 0 aromatic heterocycles. The summed E-state index contributed by atoms with van der Waals surface area (Å²) in [7, 11) is 0. The normalized spacial score (nSPS) is 14.2. The molecule has 2 aromatic carbocycles. The Morgan fingerprint density at radius 3 is 2.54 bits per heavy atom. The number of amides is 1.